The fourth-order valence-electron chi connectivity index (χ4n) is 7.95. The third-order valence-corrected chi connectivity index (χ3v) is 9.12. The molecular formula is C27H35F3N2O3. The monoisotopic (exact) mass is 492 g/mol. The number of halogens is 3. The van der Waals surface area contributed by atoms with Gasteiger partial charge < -0.3 is 15.3 Å². The second-order valence-corrected chi connectivity index (χ2v) is 11.7. The van der Waals surface area contributed by atoms with E-state index < -0.39 is 17.7 Å². The van der Waals surface area contributed by atoms with Crippen molar-refractivity contribution in [2.75, 3.05) is 24.5 Å². The lowest BCUT2D eigenvalue weighted by Gasteiger charge is -2.57. The first-order valence-corrected chi connectivity index (χ1v) is 13.1. The molecule has 8 heteroatoms. The molecule has 0 unspecified atom stereocenters. The maximum absolute atomic E-state index is 13.6. The highest BCUT2D eigenvalue weighted by Crippen LogP contribution is 2.61. The van der Waals surface area contributed by atoms with Crippen LogP contribution in [0.2, 0.25) is 0 Å². The van der Waals surface area contributed by atoms with Gasteiger partial charge in [-0.05, 0) is 105 Å². The molecule has 1 aromatic rings. The van der Waals surface area contributed by atoms with Gasteiger partial charge in [0, 0.05) is 31.7 Å². The van der Waals surface area contributed by atoms with Gasteiger partial charge in [-0.1, -0.05) is 0 Å². The number of carboxylic acid groups (broad SMARTS) is 1. The van der Waals surface area contributed by atoms with Crippen molar-refractivity contribution in [3.8, 4) is 0 Å². The highest BCUT2D eigenvalue weighted by atomic mass is 19.4. The van der Waals surface area contributed by atoms with Crippen LogP contribution in [0, 0.1) is 29.1 Å². The lowest BCUT2D eigenvalue weighted by molar-refractivity contribution is -0.137. The van der Waals surface area contributed by atoms with Crippen LogP contribution in [-0.4, -0.2) is 36.6 Å². The zero-order chi connectivity index (χ0) is 24.8. The molecule has 0 aromatic heterocycles. The number of amides is 1. The van der Waals surface area contributed by atoms with E-state index in [1.54, 1.807) is 4.90 Å². The molecule has 5 nitrogen and oxygen atoms in total. The van der Waals surface area contributed by atoms with Crippen molar-refractivity contribution in [1.82, 2.24) is 5.32 Å². The number of carboxylic acids is 1. The van der Waals surface area contributed by atoms with Gasteiger partial charge in [0.1, 0.15) is 0 Å². The molecule has 4 aliphatic carbocycles. The van der Waals surface area contributed by atoms with Crippen molar-refractivity contribution in [3.05, 3.63) is 29.3 Å². The Kier molecular flexibility index (Phi) is 6.51. The summed E-state index contributed by atoms with van der Waals surface area (Å²) in [4.78, 5) is 25.4. The molecule has 1 amide bonds. The van der Waals surface area contributed by atoms with Crippen LogP contribution in [0.5, 0.6) is 0 Å². The Morgan fingerprint density at radius 2 is 1.63 bits per heavy atom. The van der Waals surface area contributed by atoms with Gasteiger partial charge in [0.15, 0.2) is 0 Å². The topological polar surface area (TPSA) is 69.6 Å². The first-order chi connectivity index (χ1) is 16.6. The first-order valence-electron chi connectivity index (χ1n) is 13.1. The molecule has 1 heterocycles. The van der Waals surface area contributed by atoms with Gasteiger partial charge >= 0.3 is 12.1 Å². The van der Waals surface area contributed by atoms with Crippen LogP contribution in [0.15, 0.2) is 18.2 Å². The molecule has 192 valence electrons. The van der Waals surface area contributed by atoms with Crippen molar-refractivity contribution in [2.24, 2.45) is 29.1 Å². The Morgan fingerprint density at radius 1 is 1.03 bits per heavy atom. The fraction of sp³-hybridized carbons (Fsp3) is 0.704. The van der Waals surface area contributed by atoms with Crippen LogP contribution in [0.3, 0.4) is 0 Å². The Balaban J connectivity index is 1.10. The molecule has 1 saturated heterocycles. The number of piperidine rings is 1. The maximum atomic E-state index is 13.6. The summed E-state index contributed by atoms with van der Waals surface area (Å²) in [5.74, 6) is 1.53. The third kappa shape index (κ3) is 5.31. The minimum absolute atomic E-state index is 0.0148. The van der Waals surface area contributed by atoms with Crippen LogP contribution in [0.25, 0.3) is 0 Å². The number of carbonyl (C=O) groups excluding carboxylic acids is 1. The van der Waals surface area contributed by atoms with Crippen LogP contribution in [-0.2, 0) is 11.0 Å². The standard InChI is InChI=1S/C27H35F3N2O3/c28-27(29,30)22-13-21(25(34)35)1-2-23(22)32-7-3-17(4-8-32)12-24(33)31-6-5-26-14-18-9-19(15-26)11-20(10-18)16-26/h1-2,13,17-20H,3-12,14-16H2,(H,31,33)(H,34,35). The predicted octanol–water partition coefficient (Wildman–Crippen LogP) is 5.73. The van der Waals surface area contributed by atoms with E-state index in [0.717, 1.165) is 30.7 Å². The average molecular weight is 493 g/mol. The normalized spacial score (nSPS) is 30.5. The van der Waals surface area contributed by atoms with Gasteiger partial charge in [0.2, 0.25) is 5.91 Å². The SMILES string of the molecule is O=C(CC1CCN(c2ccc(C(=O)O)cc2C(F)(F)F)CC1)NCCC12CC3CC(CC(C3)C1)C2. The summed E-state index contributed by atoms with van der Waals surface area (Å²) < 4.78 is 40.7. The minimum atomic E-state index is -4.63. The summed E-state index contributed by atoms with van der Waals surface area (Å²) in [5, 5.41) is 12.2. The number of hydrogen-bond acceptors (Lipinski definition) is 3. The summed E-state index contributed by atoms with van der Waals surface area (Å²) in [6.45, 7) is 1.57. The number of alkyl halides is 3. The van der Waals surface area contributed by atoms with Crippen LogP contribution in [0.1, 0.15) is 80.1 Å². The van der Waals surface area contributed by atoms with Gasteiger partial charge in [0.25, 0.3) is 0 Å². The zero-order valence-electron chi connectivity index (χ0n) is 20.1. The number of aromatic carboxylic acids is 1. The second kappa shape index (κ2) is 9.32. The van der Waals surface area contributed by atoms with Crippen molar-refractivity contribution < 1.29 is 27.9 Å². The Labute approximate surface area is 204 Å². The Bertz CT molecular complexity index is 934. The molecule has 0 radical (unpaired) electrons. The van der Waals surface area contributed by atoms with Crippen LogP contribution < -0.4 is 10.2 Å². The molecule has 35 heavy (non-hydrogen) atoms. The molecule has 2 N–H and O–H groups in total. The van der Waals surface area contributed by atoms with E-state index in [0.29, 0.717) is 43.8 Å². The smallest absolute Gasteiger partial charge is 0.418 e. The minimum Gasteiger partial charge on any atom is -0.478 e. The molecule has 1 aromatic carbocycles. The number of carbonyl (C=O) groups is 2. The highest BCUT2D eigenvalue weighted by molar-refractivity contribution is 5.88. The van der Waals surface area contributed by atoms with Gasteiger partial charge in [-0.15, -0.1) is 0 Å². The summed E-state index contributed by atoms with van der Waals surface area (Å²) >= 11 is 0. The van der Waals surface area contributed by atoms with E-state index in [1.165, 1.54) is 50.7 Å². The number of nitrogens with zero attached hydrogens (tertiary/aromatic N) is 1. The largest absolute Gasteiger partial charge is 0.478 e. The molecule has 0 atom stereocenters. The van der Waals surface area contributed by atoms with E-state index in [2.05, 4.69) is 5.32 Å². The molecule has 0 spiro atoms. The van der Waals surface area contributed by atoms with Crippen molar-refractivity contribution in [2.45, 2.75) is 70.4 Å². The molecule has 4 saturated carbocycles. The number of hydrogen-bond donors (Lipinski definition) is 2. The summed E-state index contributed by atoms with van der Waals surface area (Å²) in [5.41, 5.74) is -0.833. The Hall–Kier alpha value is -2.25. The third-order valence-electron chi connectivity index (χ3n) is 9.12. The van der Waals surface area contributed by atoms with Crippen molar-refractivity contribution >= 4 is 17.6 Å². The van der Waals surface area contributed by atoms with Gasteiger partial charge in [-0.2, -0.15) is 13.2 Å². The van der Waals surface area contributed by atoms with E-state index in [9.17, 15) is 22.8 Å². The lowest BCUT2D eigenvalue weighted by atomic mass is 9.49. The summed E-state index contributed by atoms with van der Waals surface area (Å²) in [6, 6.07) is 3.18. The van der Waals surface area contributed by atoms with E-state index in [-0.39, 0.29) is 23.1 Å². The number of nitrogens with one attached hydrogen (secondary N) is 1. The molecular weight excluding hydrogens is 457 g/mol. The van der Waals surface area contributed by atoms with E-state index >= 15 is 0 Å². The fourth-order valence-corrected chi connectivity index (χ4v) is 7.95. The predicted molar refractivity (Wildman–Crippen MR) is 126 cm³/mol. The molecule has 6 rings (SSSR count). The van der Waals surface area contributed by atoms with Crippen molar-refractivity contribution in [3.63, 3.8) is 0 Å². The van der Waals surface area contributed by atoms with E-state index in [4.69, 9.17) is 5.11 Å². The van der Waals surface area contributed by atoms with Gasteiger partial charge in [-0.3, -0.25) is 4.79 Å². The van der Waals surface area contributed by atoms with Crippen LogP contribution >= 0.6 is 0 Å². The Morgan fingerprint density at radius 3 is 2.17 bits per heavy atom. The van der Waals surface area contributed by atoms with Crippen molar-refractivity contribution in [1.29, 1.82) is 0 Å². The van der Waals surface area contributed by atoms with E-state index in [1.807, 2.05) is 0 Å². The average Bonchev–Trinajstić information content (AvgIpc) is 2.77. The first kappa shape index (κ1) is 24.4. The summed E-state index contributed by atoms with van der Waals surface area (Å²) in [6.07, 6.45) is 6.39. The highest BCUT2D eigenvalue weighted by Gasteiger charge is 2.50. The zero-order valence-corrected chi connectivity index (χ0v) is 20.1. The van der Waals surface area contributed by atoms with Crippen LogP contribution in [0.4, 0.5) is 18.9 Å². The number of benzene rings is 1. The second-order valence-electron chi connectivity index (χ2n) is 11.7. The number of anilines is 1. The quantitative estimate of drug-likeness (QED) is 0.510. The molecule has 5 aliphatic rings. The number of rotatable bonds is 7. The van der Waals surface area contributed by atoms with Gasteiger partial charge in [0.05, 0.1) is 11.1 Å². The lowest BCUT2D eigenvalue weighted by Crippen LogP contribution is -2.47. The molecule has 4 bridgehead atoms. The molecule has 5 fully saturated rings. The summed E-state index contributed by atoms with van der Waals surface area (Å²) in [7, 11) is 0. The maximum Gasteiger partial charge on any atom is 0.418 e. The molecule has 1 aliphatic heterocycles. The van der Waals surface area contributed by atoms with Gasteiger partial charge in [-0.25, -0.2) is 4.79 Å².